The molecule has 0 unspecified atom stereocenters. The molecule has 2 rings (SSSR count). The highest BCUT2D eigenvalue weighted by molar-refractivity contribution is 6.46. The third kappa shape index (κ3) is 3.59. The van der Waals surface area contributed by atoms with E-state index in [0.29, 0.717) is 5.92 Å². The quantitative estimate of drug-likeness (QED) is 0.627. The number of hydrogen-bond donors (Lipinski definition) is 2. The standard InChI is InChI=1S/C13H15Cl3N4O/c1-6-4-2-3-5-7(6)19-20-13(21)11-8(14)10(17)9(15)12(16)18-11/h6H,2-5H2,1H3,(H2,17,18)(H,20,21)/b19-7-/t6-/m0/s1. The van der Waals surface area contributed by atoms with Gasteiger partial charge in [0.1, 0.15) is 5.02 Å². The highest BCUT2D eigenvalue weighted by Gasteiger charge is 2.21. The van der Waals surface area contributed by atoms with Crippen LogP contribution in [0.5, 0.6) is 0 Å². The van der Waals surface area contributed by atoms with E-state index in [2.05, 4.69) is 22.4 Å². The van der Waals surface area contributed by atoms with Gasteiger partial charge in [0.05, 0.1) is 10.7 Å². The van der Waals surface area contributed by atoms with Crippen molar-refractivity contribution in [3.05, 3.63) is 20.9 Å². The Hall–Kier alpha value is -1.04. The lowest BCUT2D eigenvalue weighted by Gasteiger charge is -2.19. The summed E-state index contributed by atoms with van der Waals surface area (Å²) < 4.78 is 0. The third-order valence-corrected chi connectivity index (χ3v) is 4.61. The molecule has 0 bridgehead atoms. The lowest BCUT2D eigenvalue weighted by molar-refractivity contribution is 0.0949. The molecule has 1 aromatic heterocycles. The third-order valence-electron chi connectivity index (χ3n) is 3.48. The molecular weight excluding hydrogens is 335 g/mol. The van der Waals surface area contributed by atoms with Crippen molar-refractivity contribution < 1.29 is 4.79 Å². The number of nitrogen functional groups attached to an aromatic ring is 1. The number of anilines is 1. The molecule has 1 aromatic rings. The van der Waals surface area contributed by atoms with Gasteiger partial charge < -0.3 is 5.73 Å². The molecule has 3 N–H and O–H groups in total. The number of amides is 1. The van der Waals surface area contributed by atoms with Gasteiger partial charge in [-0.05, 0) is 25.2 Å². The second kappa shape index (κ2) is 6.81. The van der Waals surface area contributed by atoms with E-state index in [1.54, 1.807) is 0 Å². The molecule has 0 aliphatic heterocycles. The SMILES string of the molecule is C[C@H]1CCCC/C1=N/NC(=O)c1nc(Cl)c(Cl)c(N)c1Cl. The fraction of sp³-hybridized carbons (Fsp3) is 0.462. The van der Waals surface area contributed by atoms with Crippen LogP contribution < -0.4 is 11.2 Å². The van der Waals surface area contributed by atoms with Crippen LogP contribution in [0.4, 0.5) is 5.69 Å². The smallest absolute Gasteiger partial charge is 0.291 e. The lowest BCUT2D eigenvalue weighted by Crippen LogP contribution is -2.25. The predicted octanol–water partition coefficient (Wildman–Crippen LogP) is 3.92. The van der Waals surface area contributed by atoms with Crippen LogP contribution in [0.3, 0.4) is 0 Å². The Kier molecular flexibility index (Phi) is 5.30. The summed E-state index contributed by atoms with van der Waals surface area (Å²) in [4.78, 5) is 16.0. The van der Waals surface area contributed by atoms with E-state index in [-0.39, 0.29) is 26.6 Å². The summed E-state index contributed by atoms with van der Waals surface area (Å²) in [6, 6.07) is 0. The number of rotatable bonds is 2. The minimum absolute atomic E-state index is 0.0289. The van der Waals surface area contributed by atoms with Crippen molar-refractivity contribution in [1.82, 2.24) is 10.4 Å². The number of aromatic nitrogens is 1. The fourth-order valence-corrected chi connectivity index (χ4v) is 2.79. The van der Waals surface area contributed by atoms with Crippen molar-refractivity contribution >= 4 is 52.1 Å². The molecule has 0 spiro atoms. The number of halogens is 3. The average molecular weight is 350 g/mol. The number of nitrogens with zero attached hydrogens (tertiary/aromatic N) is 2. The molecule has 114 valence electrons. The topological polar surface area (TPSA) is 80.4 Å². The summed E-state index contributed by atoms with van der Waals surface area (Å²) in [5.74, 6) is -0.197. The van der Waals surface area contributed by atoms with Gasteiger partial charge in [0.15, 0.2) is 10.8 Å². The average Bonchev–Trinajstić information content (AvgIpc) is 2.47. The number of nitrogens with two attached hydrogens (primary N) is 1. The second-order valence-corrected chi connectivity index (χ2v) is 6.10. The predicted molar refractivity (Wildman–Crippen MR) is 86.2 cm³/mol. The molecule has 1 heterocycles. The molecule has 21 heavy (non-hydrogen) atoms. The monoisotopic (exact) mass is 348 g/mol. The number of hydrogen-bond acceptors (Lipinski definition) is 4. The van der Waals surface area contributed by atoms with Crippen LogP contribution in [0, 0.1) is 5.92 Å². The summed E-state index contributed by atoms with van der Waals surface area (Å²) in [6.45, 7) is 2.09. The molecule has 0 saturated heterocycles. The molecule has 0 radical (unpaired) electrons. The van der Waals surface area contributed by atoms with Gasteiger partial charge in [-0.1, -0.05) is 48.1 Å². The first kappa shape index (κ1) is 16.3. The van der Waals surface area contributed by atoms with E-state index >= 15 is 0 Å². The van der Waals surface area contributed by atoms with Gasteiger partial charge in [-0.15, -0.1) is 0 Å². The van der Waals surface area contributed by atoms with E-state index in [4.69, 9.17) is 40.5 Å². The zero-order valence-corrected chi connectivity index (χ0v) is 13.7. The lowest BCUT2D eigenvalue weighted by atomic mass is 9.89. The van der Waals surface area contributed by atoms with Crippen LogP contribution in [-0.2, 0) is 0 Å². The van der Waals surface area contributed by atoms with Crippen molar-refractivity contribution in [3.8, 4) is 0 Å². The Morgan fingerprint density at radius 1 is 1.33 bits per heavy atom. The summed E-state index contributed by atoms with van der Waals surface area (Å²) in [5.41, 5.74) is 9.05. The van der Waals surface area contributed by atoms with Crippen LogP contribution in [0.2, 0.25) is 15.2 Å². The largest absolute Gasteiger partial charge is 0.396 e. The van der Waals surface area contributed by atoms with E-state index < -0.39 is 5.91 Å². The van der Waals surface area contributed by atoms with Crippen molar-refractivity contribution in [1.29, 1.82) is 0 Å². The molecule has 1 aliphatic carbocycles. The molecule has 1 fully saturated rings. The highest BCUT2D eigenvalue weighted by Crippen LogP contribution is 2.34. The first-order chi connectivity index (χ1) is 9.91. The molecule has 0 aromatic carbocycles. The Bertz CT molecular complexity index is 604. The number of carbonyl (C=O) groups is 1. The first-order valence-corrected chi connectivity index (χ1v) is 7.72. The zero-order valence-electron chi connectivity index (χ0n) is 11.4. The Balaban J connectivity index is 2.19. The van der Waals surface area contributed by atoms with E-state index in [9.17, 15) is 4.79 Å². The van der Waals surface area contributed by atoms with Crippen LogP contribution in [0.25, 0.3) is 0 Å². The van der Waals surface area contributed by atoms with Gasteiger partial charge >= 0.3 is 0 Å². The number of carbonyl (C=O) groups excluding carboxylic acids is 1. The van der Waals surface area contributed by atoms with Crippen molar-refractivity contribution in [3.63, 3.8) is 0 Å². The van der Waals surface area contributed by atoms with Gasteiger partial charge in [0, 0.05) is 5.71 Å². The van der Waals surface area contributed by atoms with E-state index in [1.165, 1.54) is 6.42 Å². The Morgan fingerprint density at radius 2 is 2.05 bits per heavy atom. The molecule has 8 heteroatoms. The van der Waals surface area contributed by atoms with Crippen LogP contribution >= 0.6 is 34.8 Å². The minimum atomic E-state index is -0.560. The summed E-state index contributed by atoms with van der Waals surface area (Å²) in [5, 5.41) is 4.10. The number of pyridine rings is 1. The van der Waals surface area contributed by atoms with Gasteiger partial charge in [0.2, 0.25) is 0 Å². The Morgan fingerprint density at radius 3 is 2.71 bits per heavy atom. The maximum atomic E-state index is 12.1. The number of nitrogens with one attached hydrogen (secondary N) is 1. The Labute approximate surface area is 137 Å². The van der Waals surface area contributed by atoms with E-state index in [1.807, 2.05) is 0 Å². The van der Waals surface area contributed by atoms with Crippen molar-refractivity contribution in [2.75, 3.05) is 5.73 Å². The molecular formula is C13H15Cl3N4O. The van der Waals surface area contributed by atoms with Gasteiger partial charge in [-0.2, -0.15) is 5.10 Å². The molecule has 1 amide bonds. The van der Waals surface area contributed by atoms with Gasteiger partial charge in [-0.25, -0.2) is 10.4 Å². The summed E-state index contributed by atoms with van der Waals surface area (Å²) in [6.07, 6.45) is 4.22. The molecule has 1 atom stereocenters. The first-order valence-electron chi connectivity index (χ1n) is 6.58. The summed E-state index contributed by atoms with van der Waals surface area (Å²) >= 11 is 17.6. The van der Waals surface area contributed by atoms with Crippen LogP contribution in [0.1, 0.15) is 43.1 Å². The fourth-order valence-electron chi connectivity index (χ4n) is 2.19. The maximum Gasteiger partial charge on any atom is 0.291 e. The van der Waals surface area contributed by atoms with Gasteiger partial charge in [0.25, 0.3) is 5.91 Å². The van der Waals surface area contributed by atoms with Crippen molar-refractivity contribution in [2.24, 2.45) is 11.0 Å². The van der Waals surface area contributed by atoms with Crippen molar-refractivity contribution in [2.45, 2.75) is 32.6 Å². The second-order valence-electron chi connectivity index (χ2n) is 4.98. The highest BCUT2D eigenvalue weighted by atomic mass is 35.5. The van der Waals surface area contributed by atoms with E-state index in [0.717, 1.165) is 25.0 Å². The van der Waals surface area contributed by atoms with Crippen LogP contribution in [0.15, 0.2) is 5.10 Å². The summed E-state index contributed by atoms with van der Waals surface area (Å²) in [7, 11) is 0. The van der Waals surface area contributed by atoms with Crippen LogP contribution in [-0.4, -0.2) is 16.6 Å². The van der Waals surface area contributed by atoms with Gasteiger partial charge in [-0.3, -0.25) is 4.79 Å². The maximum absolute atomic E-state index is 12.1. The molecule has 1 aliphatic rings. The molecule has 1 saturated carbocycles. The minimum Gasteiger partial charge on any atom is -0.396 e. The zero-order chi connectivity index (χ0) is 15.6. The molecule has 5 nitrogen and oxygen atoms in total. The number of hydrazone groups is 1. The normalized spacial score (nSPS) is 20.6.